The fraction of sp³-hybridized carbons (Fsp3) is 0.278. The minimum Gasteiger partial charge on any atom is -0.495 e. The molecule has 3 rings (SSSR count). The van der Waals surface area contributed by atoms with E-state index in [0.717, 1.165) is 23.2 Å². The molecule has 1 aliphatic rings. The van der Waals surface area contributed by atoms with Crippen LogP contribution in [0.2, 0.25) is 0 Å². The van der Waals surface area contributed by atoms with Gasteiger partial charge in [-0.15, -0.1) is 0 Å². The van der Waals surface area contributed by atoms with Gasteiger partial charge in [0.1, 0.15) is 5.75 Å². The van der Waals surface area contributed by atoms with E-state index >= 15 is 0 Å². The Morgan fingerprint density at radius 2 is 1.96 bits per heavy atom. The lowest BCUT2D eigenvalue weighted by Crippen LogP contribution is -2.36. The van der Waals surface area contributed by atoms with Gasteiger partial charge < -0.3 is 19.7 Å². The van der Waals surface area contributed by atoms with E-state index in [1.54, 1.807) is 13.2 Å². The Balaban J connectivity index is 1.85. The van der Waals surface area contributed by atoms with Crippen LogP contribution in [0.3, 0.4) is 0 Å². The van der Waals surface area contributed by atoms with Gasteiger partial charge in [-0.1, -0.05) is 12.1 Å². The predicted octanol–water partition coefficient (Wildman–Crippen LogP) is 3.55. The van der Waals surface area contributed by atoms with Gasteiger partial charge in [0.2, 0.25) is 0 Å². The highest BCUT2D eigenvalue weighted by molar-refractivity contribution is 9.10. The molecule has 0 unspecified atom stereocenters. The molecule has 1 fully saturated rings. The second-order valence-corrected chi connectivity index (χ2v) is 6.27. The molecule has 126 valence electrons. The van der Waals surface area contributed by atoms with Crippen molar-refractivity contribution in [3.05, 3.63) is 52.5 Å². The molecule has 0 spiro atoms. The van der Waals surface area contributed by atoms with Gasteiger partial charge in [-0.25, -0.2) is 0 Å². The summed E-state index contributed by atoms with van der Waals surface area (Å²) in [6.07, 6.45) is 0. The van der Waals surface area contributed by atoms with Crippen molar-refractivity contribution in [2.45, 2.75) is 0 Å². The third-order valence-corrected chi connectivity index (χ3v) is 4.62. The molecule has 1 amide bonds. The van der Waals surface area contributed by atoms with Crippen LogP contribution in [0.1, 0.15) is 10.4 Å². The Morgan fingerprint density at radius 3 is 2.67 bits per heavy atom. The zero-order valence-corrected chi connectivity index (χ0v) is 15.0. The highest BCUT2D eigenvalue weighted by Crippen LogP contribution is 2.31. The smallest absolute Gasteiger partial charge is 0.256 e. The first-order valence-corrected chi connectivity index (χ1v) is 8.55. The summed E-state index contributed by atoms with van der Waals surface area (Å²) >= 11 is 3.41. The van der Waals surface area contributed by atoms with E-state index in [1.165, 1.54) is 0 Å². The molecule has 2 aromatic rings. The van der Waals surface area contributed by atoms with E-state index in [-0.39, 0.29) is 5.91 Å². The zero-order chi connectivity index (χ0) is 16.9. The summed E-state index contributed by atoms with van der Waals surface area (Å²) in [6.45, 7) is 3.10. The standard InChI is InChI=1S/C18H19BrN2O3/c1-23-17-7-6-13(21-8-10-24-11-9-21)12-16(17)20-18(22)14-4-2-3-5-15(14)19/h2-7,12H,8-11H2,1H3,(H,20,22). The second-order valence-electron chi connectivity index (χ2n) is 5.42. The number of ether oxygens (including phenoxy) is 2. The molecule has 0 saturated carbocycles. The molecule has 2 aromatic carbocycles. The largest absolute Gasteiger partial charge is 0.495 e. The molecule has 0 aromatic heterocycles. The van der Waals surface area contributed by atoms with Crippen molar-refractivity contribution in [1.29, 1.82) is 0 Å². The summed E-state index contributed by atoms with van der Waals surface area (Å²) in [5, 5.41) is 2.95. The van der Waals surface area contributed by atoms with Crippen molar-refractivity contribution in [3.63, 3.8) is 0 Å². The SMILES string of the molecule is COc1ccc(N2CCOCC2)cc1NC(=O)c1ccccc1Br. The predicted molar refractivity (Wildman–Crippen MR) is 98.1 cm³/mol. The lowest BCUT2D eigenvalue weighted by atomic mass is 10.2. The number of nitrogens with one attached hydrogen (secondary N) is 1. The van der Waals surface area contributed by atoms with Crippen LogP contribution in [-0.2, 0) is 4.74 Å². The van der Waals surface area contributed by atoms with Crippen LogP contribution in [0.4, 0.5) is 11.4 Å². The third kappa shape index (κ3) is 3.71. The fourth-order valence-electron chi connectivity index (χ4n) is 2.65. The molecule has 24 heavy (non-hydrogen) atoms. The van der Waals surface area contributed by atoms with Crippen molar-refractivity contribution in [3.8, 4) is 5.75 Å². The van der Waals surface area contributed by atoms with E-state index in [4.69, 9.17) is 9.47 Å². The minimum atomic E-state index is -0.181. The second kappa shape index (κ2) is 7.68. The number of benzene rings is 2. The summed E-state index contributed by atoms with van der Waals surface area (Å²) < 4.78 is 11.5. The number of rotatable bonds is 4. The van der Waals surface area contributed by atoms with Gasteiger partial charge in [0.25, 0.3) is 5.91 Å². The number of methoxy groups -OCH3 is 1. The summed E-state index contributed by atoms with van der Waals surface area (Å²) in [4.78, 5) is 14.8. The molecule has 0 bridgehead atoms. The summed E-state index contributed by atoms with van der Waals surface area (Å²) in [6, 6.07) is 13.1. The summed E-state index contributed by atoms with van der Waals surface area (Å²) in [7, 11) is 1.60. The number of nitrogens with zero attached hydrogens (tertiary/aromatic N) is 1. The van der Waals surface area contributed by atoms with E-state index < -0.39 is 0 Å². The van der Waals surface area contributed by atoms with Crippen LogP contribution in [0.5, 0.6) is 5.75 Å². The maximum absolute atomic E-state index is 12.6. The van der Waals surface area contributed by atoms with Gasteiger partial charge in [0.05, 0.1) is 31.6 Å². The molecule has 1 heterocycles. The number of carbonyl (C=O) groups excluding carboxylic acids is 1. The molecule has 5 nitrogen and oxygen atoms in total. The number of morpholine rings is 1. The fourth-order valence-corrected chi connectivity index (χ4v) is 3.11. The number of hydrogen-bond acceptors (Lipinski definition) is 4. The van der Waals surface area contributed by atoms with Gasteiger partial charge >= 0.3 is 0 Å². The van der Waals surface area contributed by atoms with Gasteiger partial charge in [0.15, 0.2) is 0 Å². The molecule has 1 saturated heterocycles. The Labute approximate surface area is 149 Å². The van der Waals surface area contributed by atoms with Crippen LogP contribution >= 0.6 is 15.9 Å². The average molecular weight is 391 g/mol. The van der Waals surface area contributed by atoms with Crippen LogP contribution in [0.15, 0.2) is 46.9 Å². The lowest BCUT2D eigenvalue weighted by molar-refractivity contribution is 0.102. The van der Waals surface area contributed by atoms with Gasteiger partial charge in [-0.2, -0.15) is 0 Å². The van der Waals surface area contributed by atoms with Gasteiger partial charge in [-0.3, -0.25) is 4.79 Å². The normalized spacial score (nSPS) is 14.3. The quantitative estimate of drug-likeness (QED) is 0.866. The number of amides is 1. The summed E-state index contributed by atoms with van der Waals surface area (Å²) in [5.41, 5.74) is 2.28. The van der Waals surface area contributed by atoms with E-state index in [0.29, 0.717) is 30.2 Å². The first-order valence-electron chi connectivity index (χ1n) is 7.75. The van der Waals surface area contributed by atoms with Crippen molar-refractivity contribution >= 4 is 33.2 Å². The summed E-state index contributed by atoms with van der Waals surface area (Å²) in [5.74, 6) is 0.451. The number of carbonyl (C=O) groups is 1. The Morgan fingerprint density at radius 1 is 1.21 bits per heavy atom. The van der Waals surface area contributed by atoms with Crippen LogP contribution < -0.4 is 15.0 Å². The zero-order valence-electron chi connectivity index (χ0n) is 13.4. The molecular weight excluding hydrogens is 372 g/mol. The highest BCUT2D eigenvalue weighted by atomic mass is 79.9. The van der Waals surface area contributed by atoms with Crippen molar-refractivity contribution in [1.82, 2.24) is 0 Å². The van der Waals surface area contributed by atoms with Crippen LogP contribution in [-0.4, -0.2) is 39.3 Å². The number of halogens is 1. The van der Waals surface area contributed by atoms with Crippen LogP contribution in [0, 0.1) is 0 Å². The topological polar surface area (TPSA) is 50.8 Å². The molecule has 6 heteroatoms. The number of hydrogen-bond donors (Lipinski definition) is 1. The van der Waals surface area contributed by atoms with Crippen molar-refractivity contribution in [2.75, 3.05) is 43.6 Å². The van der Waals surface area contributed by atoms with Crippen molar-refractivity contribution < 1.29 is 14.3 Å². The average Bonchev–Trinajstić information content (AvgIpc) is 2.62. The molecule has 0 aliphatic carbocycles. The van der Waals surface area contributed by atoms with E-state index in [9.17, 15) is 4.79 Å². The highest BCUT2D eigenvalue weighted by Gasteiger charge is 2.16. The first-order chi connectivity index (χ1) is 11.7. The molecular formula is C18H19BrN2O3. The number of anilines is 2. The first kappa shape index (κ1) is 16.8. The Hall–Kier alpha value is -2.05. The molecule has 1 aliphatic heterocycles. The van der Waals surface area contributed by atoms with Crippen LogP contribution in [0.25, 0.3) is 0 Å². The minimum absolute atomic E-state index is 0.181. The van der Waals surface area contributed by atoms with Gasteiger partial charge in [-0.05, 0) is 46.3 Å². The molecule has 0 atom stereocenters. The maximum Gasteiger partial charge on any atom is 0.256 e. The Bertz CT molecular complexity index is 730. The van der Waals surface area contributed by atoms with E-state index in [2.05, 4.69) is 26.1 Å². The molecule has 1 N–H and O–H groups in total. The van der Waals surface area contributed by atoms with Crippen molar-refractivity contribution in [2.24, 2.45) is 0 Å². The van der Waals surface area contributed by atoms with Gasteiger partial charge in [0, 0.05) is 23.2 Å². The van der Waals surface area contributed by atoms with E-state index in [1.807, 2.05) is 36.4 Å². The lowest BCUT2D eigenvalue weighted by Gasteiger charge is -2.29. The maximum atomic E-state index is 12.6. The Kier molecular flexibility index (Phi) is 5.37. The molecule has 0 radical (unpaired) electrons. The monoisotopic (exact) mass is 390 g/mol. The third-order valence-electron chi connectivity index (χ3n) is 3.93.